The maximum absolute atomic E-state index is 6.12. The summed E-state index contributed by atoms with van der Waals surface area (Å²) >= 11 is 0. The van der Waals surface area contributed by atoms with Crippen LogP contribution in [0.15, 0.2) is 48.5 Å². The number of hydrogen-bond donors (Lipinski definition) is 0. The van der Waals surface area contributed by atoms with Crippen LogP contribution < -0.4 is 4.74 Å². The molecule has 1 aliphatic heterocycles. The molecule has 1 aliphatic rings. The van der Waals surface area contributed by atoms with Gasteiger partial charge < -0.3 is 4.74 Å². The van der Waals surface area contributed by atoms with Crippen LogP contribution in [0.5, 0.6) is 5.75 Å². The molecule has 3 rings (SSSR count). The predicted octanol–water partition coefficient (Wildman–Crippen LogP) is 6.11. The van der Waals surface area contributed by atoms with Gasteiger partial charge >= 0.3 is 0 Å². The van der Waals surface area contributed by atoms with E-state index in [1.807, 2.05) is 0 Å². The lowest BCUT2D eigenvalue weighted by Crippen LogP contribution is -2.20. The fraction of sp³-hybridized carbons (Fsp3) is 0.391. The van der Waals surface area contributed by atoms with E-state index in [0.717, 1.165) is 5.75 Å². The zero-order chi connectivity index (χ0) is 17.5. The van der Waals surface area contributed by atoms with E-state index in [-0.39, 0.29) is 10.8 Å². The van der Waals surface area contributed by atoms with E-state index >= 15 is 0 Å². The second kappa shape index (κ2) is 5.81. The highest BCUT2D eigenvalue weighted by molar-refractivity contribution is 5.85. The fourth-order valence-corrected chi connectivity index (χ4v) is 3.18. The molecule has 0 saturated heterocycles. The topological polar surface area (TPSA) is 9.23 Å². The number of ether oxygens (including phenoxy) is 1. The first kappa shape index (κ1) is 16.8. The lowest BCUT2D eigenvalue weighted by Gasteiger charge is -2.31. The second-order valence-corrected chi connectivity index (χ2v) is 8.70. The second-order valence-electron chi connectivity index (χ2n) is 8.70. The summed E-state index contributed by atoms with van der Waals surface area (Å²) in [7, 11) is 0. The molecule has 0 aromatic heterocycles. The summed E-state index contributed by atoms with van der Waals surface area (Å²) in [5, 5.41) is 0. The standard InChI is InChI=1S/C23H28O/c1-22(2,3)17-14-19-18(16-10-8-7-9-11-16)12-13-24-21(19)20(15-17)23(4,5)6/h7-12,14-15H,13H2,1-6H3. The molecule has 1 heteroatoms. The molecule has 0 bridgehead atoms. The van der Waals surface area contributed by atoms with Crippen LogP contribution in [-0.2, 0) is 10.8 Å². The van der Waals surface area contributed by atoms with Crippen LogP contribution in [0, 0.1) is 0 Å². The summed E-state index contributed by atoms with van der Waals surface area (Å²) < 4.78 is 6.12. The first-order valence-corrected chi connectivity index (χ1v) is 8.76. The van der Waals surface area contributed by atoms with Crippen molar-refractivity contribution in [2.75, 3.05) is 6.61 Å². The van der Waals surface area contributed by atoms with Gasteiger partial charge in [0.25, 0.3) is 0 Å². The van der Waals surface area contributed by atoms with E-state index in [0.29, 0.717) is 6.61 Å². The summed E-state index contributed by atoms with van der Waals surface area (Å²) in [6.07, 6.45) is 2.20. The Morgan fingerprint density at radius 1 is 0.833 bits per heavy atom. The van der Waals surface area contributed by atoms with Crippen molar-refractivity contribution in [3.05, 3.63) is 70.8 Å². The lowest BCUT2D eigenvalue weighted by atomic mass is 9.77. The van der Waals surface area contributed by atoms with Crippen molar-refractivity contribution in [1.82, 2.24) is 0 Å². The summed E-state index contributed by atoms with van der Waals surface area (Å²) in [5.74, 6) is 1.05. The van der Waals surface area contributed by atoms with E-state index in [1.54, 1.807) is 0 Å². The van der Waals surface area contributed by atoms with Crippen LogP contribution in [0.25, 0.3) is 5.57 Å². The average molecular weight is 320 g/mol. The van der Waals surface area contributed by atoms with Crippen LogP contribution in [0.1, 0.15) is 63.8 Å². The van der Waals surface area contributed by atoms with E-state index in [1.165, 1.54) is 27.8 Å². The number of rotatable bonds is 1. The highest BCUT2D eigenvalue weighted by Crippen LogP contribution is 2.44. The van der Waals surface area contributed by atoms with E-state index in [9.17, 15) is 0 Å². The van der Waals surface area contributed by atoms with Crippen LogP contribution in [0.2, 0.25) is 0 Å². The molecule has 0 saturated carbocycles. The molecular weight excluding hydrogens is 292 g/mol. The van der Waals surface area contributed by atoms with Crippen molar-refractivity contribution < 1.29 is 4.74 Å². The molecule has 0 unspecified atom stereocenters. The minimum absolute atomic E-state index is 0.0461. The van der Waals surface area contributed by atoms with Gasteiger partial charge in [-0.2, -0.15) is 0 Å². The minimum atomic E-state index is 0.0461. The third kappa shape index (κ3) is 3.13. The van der Waals surface area contributed by atoms with Crippen molar-refractivity contribution in [3.63, 3.8) is 0 Å². The first-order chi connectivity index (χ1) is 11.2. The molecule has 1 nitrogen and oxygen atoms in total. The smallest absolute Gasteiger partial charge is 0.131 e. The van der Waals surface area contributed by atoms with Crippen LogP contribution in [-0.4, -0.2) is 6.61 Å². The molecule has 0 amide bonds. The Hall–Kier alpha value is -2.02. The van der Waals surface area contributed by atoms with Gasteiger partial charge in [0, 0.05) is 11.1 Å². The first-order valence-electron chi connectivity index (χ1n) is 8.76. The SMILES string of the molecule is CC(C)(C)c1cc2c(c(C(C)(C)C)c1)OCC=C2c1ccccc1. The van der Waals surface area contributed by atoms with Crippen LogP contribution in [0.3, 0.4) is 0 Å². The third-order valence-corrected chi connectivity index (χ3v) is 4.65. The number of benzene rings is 2. The molecule has 0 aliphatic carbocycles. The maximum Gasteiger partial charge on any atom is 0.131 e. The van der Waals surface area contributed by atoms with Crippen molar-refractivity contribution in [2.45, 2.75) is 52.4 Å². The van der Waals surface area contributed by atoms with Gasteiger partial charge in [0.2, 0.25) is 0 Å². The molecule has 126 valence electrons. The van der Waals surface area contributed by atoms with Gasteiger partial charge in [-0.05, 0) is 39.7 Å². The summed E-state index contributed by atoms with van der Waals surface area (Å²) in [6, 6.07) is 15.3. The van der Waals surface area contributed by atoms with E-state index in [4.69, 9.17) is 4.74 Å². The third-order valence-electron chi connectivity index (χ3n) is 4.65. The maximum atomic E-state index is 6.12. The monoisotopic (exact) mass is 320 g/mol. The van der Waals surface area contributed by atoms with Gasteiger partial charge in [-0.25, -0.2) is 0 Å². The van der Waals surface area contributed by atoms with E-state index < -0.39 is 0 Å². The normalized spacial score (nSPS) is 14.7. The molecule has 0 radical (unpaired) electrons. The fourth-order valence-electron chi connectivity index (χ4n) is 3.18. The molecular formula is C23H28O. The van der Waals surface area contributed by atoms with E-state index in [2.05, 4.69) is 90.1 Å². The average Bonchev–Trinajstić information content (AvgIpc) is 2.52. The Balaban J connectivity index is 2.27. The Labute approximate surface area is 146 Å². The molecule has 0 spiro atoms. The molecule has 1 heterocycles. The Kier molecular flexibility index (Phi) is 4.07. The summed E-state index contributed by atoms with van der Waals surface area (Å²) in [6.45, 7) is 14.2. The Morgan fingerprint density at radius 2 is 1.50 bits per heavy atom. The molecule has 2 aromatic carbocycles. The quantitative estimate of drug-likeness (QED) is 0.616. The highest BCUT2D eigenvalue weighted by Gasteiger charge is 2.28. The summed E-state index contributed by atoms with van der Waals surface area (Å²) in [4.78, 5) is 0. The zero-order valence-corrected chi connectivity index (χ0v) is 15.7. The van der Waals surface area contributed by atoms with Crippen LogP contribution >= 0.6 is 0 Å². The highest BCUT2D eigenvalue weighted by atomic mass is 16.5. The van der Waals surface area contributed by atoms with Crippen molar-refractivity contribution in [1.29, 1.82) is 0 Å². The number of fused-ring (bicyclic) bond motifs is 1. The zero-order valence-electron chi connectivity index (χ0n) is 15.7. The van der Waals surface area contributed by atoms with Crippen molar-refractivity contribution >= 4 is 5.57 Å². The van der Waals surface area contributed by atoms with Gasteiger partial charge in [0.05, 0.1) is 0 Å². The van der Waals surface area contributed by atoms with Crippen LogP contribution in [0.4, 0.5) is 0 Å². The Bertz CT molecular complexity index is 768. The van der Waals surface area contributed by atoms with Gasteiger partial charge in [-0.3, -0.25) is 0 Å². The summed E-state index contributed by atoms with van der Waals surface area (Å²) in [5.41, 5.74) is 6.58. The number of hydrogen-bond acceptors (Lipinski definition) is 1. The van der Waals surface area contributed by atoms with Gasteiger partial charge in [-0.15, -0.1) is 0 Å². The predicted molar refractivity (Wildman–Crippen MR) is 103 cm³/mol. The molecule has 0 fully saturated rings. The largest absolute Gasteiger partial charge is 0.489 e. The molecule has 24 heavy (non-hydrogen) atoms. The molecule has 2 aromatic rings. The van der Waals surface area contributed by atoms with Gasteiger partial charge in [0.15, 0.2) is 0 Å². The van der Waals surface area contributed by atoms with Gasteiger partial charge in [0.1, 0.15) is 12.4 Å². The minimum Gasteiger partial charge on any atom is -0.489 e. The molecule has 0 N–H and O–H groups in total. The Morgan fingerprint density at radius 3 is 2.08 bits per heavy atom. The van der Waals surface area contributed by atoms with Gasteiger partial charge in [-0.1, -0.05) is 77.9 Å². The van der Waals surface area contributed by atoms with Crippen molar-refractivity contribution in [2.24, 2.45) is 0 Å². The molecule has 0 atom stereocenters. The van der Waals surface area contributed by atoms with Crippen molar-refractivity contribution in [3.8, 4) is 5.75 Å². The lowest BCUT2D eigenvalue weighted by molar-refractivity contribution is 0.345.